The van der Waals surface area contributed by atoms with Gasteiger partial charge in [0.15, 0.2) is 0 Å². The van der Waals surface area contributed by atoms with E-state index >= 15 is 0 Å². The van der Waals surface area contributed by atoms with Gasteiger partial charge in [-0.1, -0.05) is 31.5 Å². The number of halogens is 1. The molecule has 0 bridgehead atoms. The predicted octanol–water partition coefficient (Wildman–Crippen LogP) is 2.80. The molecule has 0 atom stereocenters. The lowest BCUT2D eigenvalue weighted by Gasteiger charge is -2.24. The highest BCUT2D eigenvalue weighted by Crippen LogP contribution is 2.24. The van der Waals surface area contributed by atoms with Crippen LogP contribution in [0.1, 0.15) is 32.3 Å². The molecule has 5 heteroatoms. The third kappa shape index (κ3) is 5.94. The molecule has 2 N–H and O–H groups in total. The molecule has 0 aliphatic heterocycles. The smallest absolute Gasteiger partial charge is 0.239 e. The first kappa shape index (κ1) is 17.8. The summed E-state index contributed by atoms with van der Waals surface area (Å²) in [5.41, 5.74) is 2.08. The minimum absolute atomic E-state index is 0.00765. The summed E-state index contributed by atoms with van der Waals surface area (Å²) in [6.07, 6.45) is 2.08. The molecule has 0 aromatic heterocycles. The number of rotatable bonds is 9. The summed E-state index contributed by atoms with van der Waals surface area (Å²) in [4.78, 5) is 13.7. The van der Waals surface area contributed by atoms with Gasteiger partial charge in [0.1, 0.15) is 0 Å². The highest BCUT2D eigenvalue weighted by atomic mass is 35.5. The highest BCUT2D eigenvalue weighted by Gasteiger charge is 2.11. The maximum atomic E-state index is 11.6. The lowest BCUT2D eigenvalue weighted by Crippen LogP contribution is -2.36. The van der Waals surface area contributed by atoms with Crippen molar-refractivity contribution in [3.05, 3.63) is 28.8 Å². The number of anilines is 1. The summed E-state index contributed by atoms with van der Waals surface area (Å²) < 4.78 is 0. The van der Waals surface area contributed by atoms with Crippen LogP contribution in [-0.2, 0) is 11.3 Å². The van der Waals surface area contributed by atoms with Gasteiger partial charge >= 0.3 is 0 Å². The second kappa shape index (κ2) is 9.64. The average molecular weight is 312 g/mol. The Bertz CT molecular complexity index is 451. The van der Waals surface area contributed by atoms with E-state index in [9.17, 15) is 4.79 Å². The number of nitrogens with one attached hydrogen (secondary N) is 2. The van der Waals surface area contributed by atoms with Gasteiger partial charge in [0.2, 0.25) is 5.91 Å². The highest BCUT2D eigenvalue weighted by molar-refractivity contribution is 6.31. The molecule has 0 aliphatic rings. The van der Waals surface area contributed by atoms with Crippen LogP contribution in [0, 0.1) is 0 Å². The molecule has 4 nitrogen and oxygen atoms in total. The van der Waals surface area contributed by atoms with Crippen molar-refractivity contribution in [1.29, 1.82) is 0 Å². The van der Waals surface area contributed by atoms with E-state index in [1.807, 2.05) is 23.1 Å². The Morgan fingerprint density at radius 3 is 2.62 bits per heavy atom. The zero-order valence-corrected chi connectivity index (χ0v) is 14.0. The molecule has 0 fully saturated rings. The van der Waals surface area contributed by atoms with E-state index in [1.165, 1.54) is 0 Å². The standard InChI is InChI=1S/C16H26ClN3O/c1-4-8-19-11-13-6-7-14(10-15(13)17)20(9-5-2)12-16(21)18-3/h6-7,10,19H,4-5,8-9,11-12H2,1-3H3,(H,18,21). The Morgan fingerprint density at radius 2 is 2.05 bits per heavy atom. The molecule has 0 heterocycles. The number of carbonyl (C=O) groups is 1. The van der Waals surface area contributed by atoms with Crippen LogP contribution in [0.3, 0.4) is 0 Å². The first-order valence-electron chi connectivity index (χ1n) is 7.57. The first-order valence-corrected chi connectivity index (χ1v) is 7.94. The molecule has 1 amide bonds. The topological polar surface area (TPSA) is 44.4 Å². The number of hydrogen-bond acceptors (Lipinski definition) is 3. The lowest BCUT2D eigenvalue weighted by molar-refractivity contribution is -0.119. The largest absolute Gasteiger partial charge is 0.362 e. The van der Waals surface area contributed by atoms with Crippen LogP contribution >= 0.6 is 11.6 Å². The zero-order valence-electron chi connectivity index (χ0n) is 13.2. The molecule has 1 aromatic carbocycles. The lowest BCUT2D eigenvalue weighted by atomic mass is 10.1. The number of benzene rings is 1. The van der Waals surface area contributed by atoms with Gasteiger partial charge in [-0.15, -0.1) is 0 Å². The molecule has 0 aliphatic carbocycles. The molecular weight excluding hydrogens is 286 g/mol. The van der Waals surface area contributed by atoms with Gasteiger partial charge in [-0.05, 0) is 37.1 Å². The molecule has 0 saturated carbocycles. The van der Waals surface area contributed by atoms with Crippen molar-refractivity contribution in [3.8, 4) is 0 Å². The summed E-state index contributed by atoms with van der Waals surface area (Å²) in [7, 11) is 1.65. The normalized spacial score (nSPS) is 10.5. The molecule has 0 radical (unpaired) electrons. The van der Waals surface area contributed by atoms with Crippen LogP contribution in [0.5, 0.6) is 0 Å². The Kier molecular flexibility index (Phi) is 8.16. The fraction of sp³-hybridized carbons (Fsp3) is 0.562. The van der Waals surface area contributed by atoms with E-state index in [1.54, 1.807) is 7.05 Å². The fourth-order valence-electron chi connectivity index (χ4n) is 2.10. The van der Waals surface area contributed by atoms with Gasteiger partial charge < -0.3 is 15.5 Å². The number of carbonyl (C=O) groups excluding carboxylic acids is 1. The molecule has 1 aromatic rings. The van der Waals surface area contributed by atoms with Crippen LogP contribution in [0.4, 0.5) is 5.69 Å². The Morgan fingerprint density at radius 1 is 1.29 bits per heavy atom. The Hall–Kier alpha value is -1.26. The molecule has 1 rings (SSSR count). The quantitative estimate of drug-likeness (QED) is 0.689. The molecule has 118 valence electrons. The van der Waals surface area contributed by atoms with E-state index in [4.69, 9.17) is 11.6 Å². The summed E-state index contributed by atoms with van der Waals surface area (Å²) in [5, 5.41) is 6.75. The molecule has 0 saturated heterocycles. The predicted molar refractivity (Wildman–Crippen MR) is 90.0 cm³/mol. The third-order valence-corrected chi connectivity index (χ3v) is 3.60. The van der Waals surface area contributed by atoms with Crippen molar-refractivity contribution >= 4 is 23.2 Å². The number of amides is 1. The van der Waals surface area contributed by atoms with E-state index in [0.717, 1.165) is 48.7 Å². The number of nitrogens with zero attached hydrogens (tertiary/aromatic N) is 1. The molecule has 0 unspecified atom stereocenters. The third-order valence-electron chi connectivity index (χ3n) is 3.25. The maximum Gasteiger partial charge on any atom is 0.239 e. The van der Waals surface area contributed by atoms with E-state index < -0.39 is 0 Å². The van der Waals surface area contributed by atoms with E-state index in [2.05, 4.69) is 24.5 Å². The van der Waals surface area contributed by atoms with E-state index in [0.29, 0.717) is 6.54 Å². The SMILES string of the molecule is CCCNCc1ccc(N(CCC)CC(=O)NC)cc1Cl. The van der Waals surface area contributed by atoms with Gasteiger partial charge in [-0.2, -0.15) is 0 Å². The number of hydrogen-bond donors (Lipinski definition) is 2. The second-order valence-electron chi connectivity index (χ2n) is 5.05. The fourth-order valence-corrected chi connectivity index (χ4v) is 2.34. The first-order chi connectivity index (χ1) is 10.1. The van der Waals surface area contributed by atoms with Gasteiger partial charge in [-0.25, -0.2) is 0 Å². The molecule has 21 heavy (non-hydrogen) atoms. The molecule has 0 spiro atoms. The Balaban J connectivity index is 2.80. The van der Waals surface area contributed by atoms with Crippen molar-refractivity contribution < 1.29 is 4.79 Å². The number of likely N-dealkylation sites (N-methyl/N-ethyl adjacent to an activating group) is 1. The monoisotopic (exact) mass is 311 g/mol. The average Bonchev–Trinajstić information content (AvgIpc) is 2.48. The van der Waals surface area contributed by atoms with Crippen molar-refractivity contribution in [3.63, 3.8) is 0 Å². The van der Waals surface area contributed by atoms with Crippen LogP contribution in [-0.4, -0.2) is 32.6 Å². The van der Waals surface area contributed by atoms with Crippen molar-refractivity contribution in [1.82, 2.24) is 10.6 Å². The summed E-state index contributed by atoms with van der Waals surface area (Å²) >= 11 is 6.36. The van der Waals surface area contributed by atoms with Gasteiger partial charge in [0.05, 0.1) is 6.54 Å². The van der Waals surface area contributed by atoms with Crippen LogP contribution in [0.15, 0.2) is 18.2 Å². The van der Waals surface area contributed by atoms with Crippen LogP contribution in [0.2, 0.25) is 5.02 Å². The van der Waals surface area contributed by atoms with Crippen LogP contribution < -0.4 is 15.5 Å². The van der Waals surface area contributed by atoms with Gasteiger partial charge in [0, 0.05) is 30.8 Å². The molecular formula is C16H26ClN3O. The van der Waals surface area contributed by atoms with Crippen molar-refractivity contribution in [2.75, 3.05) is 31.6 Å². The maximum absolute atomic E-state index is 11.6. The summed E-state index contributed by atoms with van der Waals surface area (Å²) in [6.45, 7) is 7.18. The summed E-state index contributed by atoms with van der Waals surface area (Å²) in [6, 6.07) is 6.02. The Labute approximate surface area is 132 Å². The minimum Gasteiger partial charge on any atom is -0.362 e. The minimum atomic E-state index is 0.00765. The van der Waals surface area contributed by atoms with Gasteiger partial charge in [0.25, 0.3) is 0 Å². The zero-order chi connectivity index (χ0) is 15.7. The van der Waals surface area contributed by atoms with Gasteiger partial charge in [-0.3, -0.25) is 4.79 Å². The van der Waals surface area contributed by atoms with Crippen molar-refractivity contribution in [2.24, 2.45) is 0 Å². The second-order valence-corrected chi connectivity index (χ2v) is 5.45. The summed E-state index contributed by atoms with van der Waals surface area (Å²) in [5.74, 6) is 0.00765. The van der Waals surface area contributed by atoms with E-state index in [-0.39, 0.29) is 5.91 Å². The van der Waals surface area contributed by atoms with Crippen LogP contribution in [0.25, 0.3) is 0 Å². The van der Waals surface area contributed by atoms with Crippen molar-refractivity contribution in [2.45, 2.75) is 33.2 Å².